The van der Waals surface area contributed by atoms with Gasteiger partial charge in [0.2, 0.25) is 5.91 Å². The summed E-state index contributed by atoms with van der Waals surface area (Å²) >= 11 is 0. The Hall–Kier alpha value is -2.04. The molecule has 21 heavy (non-hydrogen) atoms. The molecule has 1 aromatic heterocycles. The van der Waals surface area contributed by atoms with Crippen LogP contribution in [0.5, 0.6) is 0 Å². The maximum absolute atomic E-state index is 12.4. The predicted molar refractivity (Wildman–Crippen MR) is 86.2 cm³/mol. The molecule has 2 rings (SSSR count). The zero-order valence-corrected chi connectivity index (χ0v) is 13.3. The van der Waals surface area contributed by atoms with Gasteiger partial charge in [0.1, 0.15) is 17.9 Å². The zero-order chi connectivity index (χ0) is 15.6. The van der Waals surface area contributed by atoms with Crippen LogP contribution in [-0.4, -0.2) is 33.4 Å². The van der Waals surface area contributed by atoms with Gasteiger partial charge < -0.3 is 15.2 Å². The molecule has 1 heterocycles. The Kier molecular flexibility index (Phi) is 4.50. The Bertz CT molecular complexity index is 641. The summed E-state index contributed by atoms with van der Waals surface area (Å²) in [6.45, 7) is 9.91. The second-order valence-electron chi connectivity index (χ2n) is 5.49. The van der Waals surface area contributed by atoms with Gasteiger partial charge in [0.15, 0.2) is 0 Å². The van der Waals surface area contributed by atoms with E-state index < -0.39 is 0 Å². The van der Waals surface area contributed by atoms with Gasteiger partial charge in [-0.05, 0) is 26.0 Å². The number of nitrogens with two attached hydrogens (primary N) is 1. The van der Waals surface area contributed by atoms with Gasteiger partial charge in [-0.25, -0.2) is 4.98 Å². The lowest BCUT2D eigenvalue weighted by Crippen LogP contribution is -2.33. The smallest absolute Gasteiger partial charge is 0.242 e. The van der Waals surface area contributed by atoms with Gasteiger partial charge in [0, 0.05) is 19.0 Å². The van der Waals surface area contributed by atoms with Gasteiger partial charge in [-0.15, -0.1) is 0 Å². The minimum atomic E-state index is 0.114. The second kappa shape index (κ2) is 6.16. The van der Waals surface area contributed by atoms with E-state index in [-0.39, 0.29) is 11.8 Å². The standard InChI is InChI=1S/C16H24N4O/c1-5-19(6-2)14(21)10-20-13-9-7-8-12(17)15(13)18-16(20)11(3)4/h7-9,11H,5-6,10,17H2,1-4H3. The Morgan fingerprint density at radius 3 is 2.57 bits per heavy atom. The molecular weight excluding hydrogens is 264 g/mol. The molecule has 0 unspecified atom stereocenters. The summed E-state index contributed by atoms with van der Waals surface area (Å²) in [5, 5.41) is 0. The molecule has 0 radical (unpaired) electrons. The summed E-state index contributed by atoms with van der Waals surface area (Å²) in [7, 11) is 0. The average Bonchev–Trinajstić information content (AvgIpc) is 2.81. The molecule has 2 aromatic rings. The Labute approximate surface area is 125 Å². The zero-order valence-electron chi connectivity index (χ0n) is 13.3. The van der Waals surface area contributed by atoms with E-state index in [0.29, 0.717) is 12.2 Å². The maximum atomic E-state index is 12.4. The largest absolute Gasteiger partial charge is 0.397 e. The number of hydrogen-bond acceptors (Lipinski definition) is 3. The van der Waals surface area contributed by atoms with E-state index in [9.17, 15) is 4.79 Å². The van der Waals surface area contributed by atoms with Crippen LogP contribution in [0.25, 0.3) is 11.0 Å². The van der Waals surface area contributed by atoms with Crippen LogP contribution in [-0.2, 0) is 11.3 Å². The number of imidazole rings is 1. The van der Waals surface area contributed by atoms with Crippen molar-refractivity contribution in [1.29, 1.82) is 0 Å². The van der Waals surface area contributed by atoms with Crippen molar-refractivity contribution in [3.8, 4) is 0 Å². The van der Waals surface area contributed by atoms with Crippen LogP contribution in [0.2, 0.25) is 0 Å². The highest BCUT2D eigenvalue weighted by atomic mass is 16.2. The molecule has 0 aliphatic heterocycles. The lowest BCUT2D eigenvalue weighted by atomic mass is 10.2. The summed E-state index contributed by atoms with van der Waals surface area (Å²) in [6, 6.07) is 5.72. The minimum Gasteiger partial charge on any atom is -0.397 e. The first-order valence-electron chi connectivity index (χ1n) is 7.51. The average molecular weight is 288 g/mol. The van der Waals surface area contributed by atoms with Crippen LogP contribution >= 0.6 is 0 Å². The lowest BCUT2D eigenvalue weighted by Gasteiger charge is -2.20. The topological polar surface area (TPSA) is 64.2 Å². The van der Waals surface area contributed by atoms with Gasteiger partial charge in [-0.2, -0.15) is 0 Å². The molecule has 5 heteroatoms. The molecule has 0 aliphatic rings. The van der Waals surface area contributed by atoms with E-state index in [0.717, 1.165) is 29.9 Å². The van der Waals surface area contributed by atoms with E-state index in [2.05, 4.69) is 18.8 Å². The molecule has 2 N–H and O–H groups in total. The highest BCUT2D eigenvalue weighted by Crippen LogP contribution is 2.25. The van der Waals surface area contributed by atoms with Gasteiger partial charge in [-0.3, -0.25) is 4.79 Å². The summed E-state index contributed by atoms with van der Waals surface area (Å²) in [6.07, 6.45) is 0. The molecule has 0 spiro atoms. The molecule has 0 saturated carbocycles. The van der Waals surface area contributed by atoms with Crippen molar-refractivity contribution in [1.82, 2.24) is 14.5 Å². The summed E-state index contributed by atoms with van der Waals surface area (Å²) in [5.41, 5.74) is 8.38. The molecule has 0 saturated heterocycles. The minimum absolute atomic E-state index is 0.114. The van der Waals surface area contributed by atoms with Crippen molar-refractivity contribution in [3.63, 3.8) is 0 Å². The molecule has 0 fully saturated rings. The fourth-order valence-corrected chi connectivity index (χ4v) is 2.61. The van der Waals surface area contributed by atoms with E-state index in [1.165, 1.54) is 0 Å². The van der Waals surface area contributed by atoms with Crippen LogP contribution in [0, 0.1) is 0 Å². The third kappa shape index (κ3) is 2.86. The number of carbonyl (C=O) groups excluding carboxylic acids is 1. The second-order valence-corrected chi connectivity index (χ2v) is 5.49. The Morgan fingerprint density at radius 2 is 2.00 bits per heavy atom. The van der Waals surface area contributed by atoms with Crippen LogP contribution in [0.1, 0.15) is 39.4 Å². The third-order valence-electron chi connectivity index (χ3n) is 3.77. The highest BCUT2D eigenvalue weighted by Gasteiger charge is 2.19. The SMILES string of the molecule is CCN(CC)C(=O)Cn1c(C(C)C)nc2c(N)cccc21. The predicted octanol–water partition coefficient (Wildman–Crippen LogP) is 2.61. The van der Waals surface area contributed by atoms with Crippen molar-refractivity contribution in [2.24, 2.45) is 0 Å². The van der Waals surface area contributed by atoms with Crippen molar-refractivity contribution < 1.29 is 4.79 Å². The number of likely N-dealkylation sites (N-methyl/N-ethyl adjacent to an activating group) is 1. The quantitative estimate of drug-likeness (QED) is 0.860. The summed E-state index contributed by atoms with van der Waals surface area (Å²) in [5.74, 6) is 1.26. The maximum Gasteiger partial charge on any atom is 0.242 e. The third-order valence-corrected chi connectivity index (χ3v) is 3.77. The highest BCUT2D eigenvalue weighted by molar-refractivity contribution is 5.89. The van der Waals surface area contributed by atoms with E-state index in [1.807, 2.05) is 41.5 Å². The van der Waals surface area contributed by atoms with Gasteiger partial charge >= 0.3 is 0 Å². The number of anilines is 1. The van der Waals surface area contributed by atoms with Crippen molar-refractivity contribution in [2.75, 3.05) is 18.8 Å². The molecule has 1 aromatic carbocycles. The molecule has 0 aliphatic carbocycles. The van der Waals surface area contributed by atoms with Crippen LogP contribution in [0.4, 0.5) is 5.69 Å². The van der Waals surface area contributed by atoms with Gasteiger partial charge in [-0.1, -0.05) is 19.9 Å². The fraction of sp³-hybridized carbons (Fsp3) is 0.500. The first kappa shape index (κ1) is 15.4. The lowest BCUT2D eigenvalue weighted by molar-refractivity contribution is -0.131. The first-order valence-corrected chi connectivity index (χ1v) is 7.51. The number of rotatable bonds is 5. The van der Waals surface area contributed by atoms with Gasteiger partial charge in [0.25, 0.3) is 0 Å². The number of nitrogen functional groups attached to an aromatic ring is 1. The normalized spacial score (nSPS) is 11.3. The van der Waals surface area contributed by atoms with E-state index in [4.69, 9.17) is 5.73 Å². The number of para-hydroxylation sites is 1. The molecule has 114 valence electrons. The fourth-order valence-electron chi connectivity index (χ4n) is 2.61. The number of hydrogen-bond donors (Lipinski definition) is 1. The number of benzene rings is 1. The molecule has 0 atom stereocenters. The van der Waals surface area contributed by atoms with Crippen molar-refractivity contribution in [3.05, 3.63) is 24.0 Å². The van der Waals surface area contributed by atoms with E-state index >= 15 is 0 Å². The molecule has 0 bridgehead atoms. The van der Waals surface area contributed by atoms with E-state index in [1.54, 1.807) is 0 Å². The Balaban J connectivity index is 2.49. The van der Waals surface area contributed by atoms with Crippen LogP contribution in [0.15, 0.2) is 18.2 Å². The first-order chi connectivity index (χ1) is 9.99. The molecular formula is C16H24N4O. The molecule has 5 nitrogen and oxygen atoms in total. The van der Waals surface area contributed by atoms with Gasteiger partial charge in [0.05, 0.1) is 11.2 Å². The molecule has 1 amide bonds. The van der Waals surface area contributed by atoms with Crippen LogP contribution < -0.4 is 5.73 Å². The number of nitrogens with zero attached hydrogens (tertiary/aromatic N) is 3. The number of amides is 1. The number of fused-ring (bicyclic) bond motifs is 1. The number of aromatic nitrogens is 2. The van der Waals surface area contributed by atoms with Crippen molar-refractivity contribution >= 4 is 22.6 Å². The summed E-state index contributed by atoms with van der Waals surface area (Å²) in [4.78, 5) is 18.9. The monoisotopic (exact) mass is 288 g/mol. The summed E-state index contributed by atoms with van der Waals surface area (Å²) < 4.78 is 2.00. The van der Waals surface area contributed by atoms with Crippen molar-refractivity contribution in [2.45, 2.75) is 40.2 Å². The van der Waals surface area contributed by atoms with Crippen LogP contribution in [0.3, 0.4) is 0 Å². The Morgan fingerprint density at radius 1 is 1.33 bits per heavy atom. The number of carbonyl (C=O) groups is 1.